The first-order valence-electron chi connectivity index (χ1n) is 8.17. The largest absolute Gasteiger partial charge is 0.444 e. The molecule has 0 saturated carbocycles. The number of hydrogen-bond donors (Lipinski definition) is 1. The Balaban J connectivity index is 2.52. The second kappa shape index (κ2) is 8.42. The van der Waals surface area contributed by atoms with Gasteiger partial charge in [0.25, 0.3) is 0 Å². The minimum absolute atomic E-state index is 0.162. The van der Waals surface area contributed by atoms with Crippen molar-refractivity contribution in [2.75, 3.05) is 13.1 Å². The smallest absolute Gasteiger partial charge is 0.410 e. The number of ether oxygens (including phenoxy) is 1. The maximum Gasteiger partial charge on any atom is 0.410 e. The van der Waals surface area contributed by atoms with Crippen LogP contribution in [0.4, 0.5) is 4.79 Å². The topological polar surface area (TPSA) is 41.6 Å². The first-order valence-corrected chi connectivity index (χ1v) is 8.17. The van der Waals surface area contributed by atoms with E-state index in [1.54, 1.807) is 0 Å². The van der Waals surface area contributed by atoms with Gasteiger partial charge in [-0.05, 0) is 66.3 Å². The van der Waals surface area contributed by atoms with Gasteiger partial charge in [0.1, 0.15) is 5.60 Å². The highest BCUT2D eigenvalue weighted by Crippen LogP contribution is 2.23. The molecule has 1 aliphatic heterocycles. The van der Waals surface area contributed by atoms with Crippen molar-refractivity contribution in [3.8, 4) is 0 Å². The van der Waals surface area contributed by atoms with Gasteiger partial charge in [-0.15, -0.1) is 6.58 Å². The van der Waals surface area contributed by atoms with E-state index in [1.807, 2.05) is 31.7 Å². The number of nitrogens with zero attached hydrogens (tertiary/aromatic N) is 1. The summed E-state index contributed by atoms with van der Waals surface area (Å²) in [7, 11) is 0. The summed E-state index contributed by atoms with van der Waals surface area (Å²) in [5, 5.41) is 3.49. The predicted molar refractivity (Wildman–Crippen MR) is 87.5 cm³/mol. The fourth-order valence-electron chi connectivity index (χ4n) is 2.73. The molecule has 0 aliphatic carbocycles. The Morgan fingerprint density at radius 1 is 1.48 bits per heavy atom. The van der Waals surface area contributed by atoms with Gasteiger partial charge in [-0.2, -0.15) is 0 Å². The van der Waals surface area contributed by atoms with Crippen molar-refractivity contribution in [2.45, 2.75) is 77.5 Å². The molecule has 2 atom stereocenters. The van der Waals surface area contributed by atoms with Crippen LogP contribution in [0.1, 0.15) is 59.8 Å². The standard InChI is InChI=1S/C17H32N2O2/c1-6-7-11-18-14(2)13-15-10-8-9-12-19(15)16(20)21-17(3,4)5/h6,14-15,18H,1,7-13H2,2-5H3. The van der Waals surface area contributed by atoms with Gasteiger partial charge in [0.05, 0.1) is 0 Å². The van der Waals surface area contributed by atoms with Crippen molar-refractivity contribution < 1.29 is 9.53 Å². The van der Waals surface area contributed by atoms with Crippen LogP contribution in [0.5, 0.6) is 0 Å². The van der Waals surface area contributed by atoms with Crippen LogP contribution >= 0.6 is 0 Å². The van der Waals surface area contributed by atoms with Gasteiger partial charge in [-0.1, -0.05) is 6.08 Å². The van der Waals surface area contributed by atoms with E-state index in [0.29, 0.717) is 12.1 Å². The van der Waals surface area contributed by atoms with E-state index in [1.165, 1.54) is 6.42 Å². The highest BCUT2D eigenvalue weighted by molar-refractivity contribution is 5.68. The molecule has 1 fully saturated rings. The lowest BCUT2D eigenvalue weighted by atomic mass is 9.96. The first-order chi connectivity index (χ1) is 9.83. The van der Waals surface area contributed by atoms with Gasteiger partial charge >= 0.3 is 6.09 Å². The quantitative estimate of drug-likeness (QED) is 0.600. The third-order valence-corrected chi connectivity index (χ3v) is 3.72. The molecule has 1 saturated heterocycles. The summed E-state index contributed by atoms with van der Waals surface area (Å²) in [6, 6.07) is 0.692. The van der Waals surface area contributed by atoms with Gasteiger partial charge in [-0.25, -0.2) is 4.79 Å². The molecular weight excluding hydrogens is 264 g/mol. The van der Waals surface area contributed by atoms with Gasteiger partial charge in [-0.3, -0.25) is 0 Å². The Morgan fingerprint density at radius 2 is 2.19 bits per heavy atom. The van der Waals surface area contributed by atoms with Crippen LogP contribution in [0.25, 0.3) is 0 Å². The maximum absolute atomic E-state index is 12.3. The molecule has 2 unspecified atom stereocenters. The molecule has 0 aromatic rings. The molecule has 4 nitrogen and oxygen atoms in total. The van der Waals surface area contributed by atoms with E-state index in [4.69, 9.17) is 4.74 Å². The molecule has 0 spiro atoms. The summed E-state index contributed by atoms with van der Waals surface area (Å²) in [5.41, 5.74) is -0.424. The summed E-state index contributed by atoms with van der Waals surface area (Å²) in [6.45, 7) is 13.4. The highest BCUT2D eigenvalue weighted by atomic mass is 16.6. The van der Waals surface area contributed by atoms with Crippen LogP contribution in [0.3, 0.4) is 0 Å². The van der Waals surface area contributed by atoms with Gasteiger partial charge in [0, 0.05) is 18.6 Å². The number of hydrogen-bond acceptors (Lipinski definition) is 3. The second-order valence-electron chi connectivity index (χ2n) is 6.99. The molecule has 0 aromatic heterocycles. The zero-order valence-electron chi connectivity index (χ0n) is 14.2. The minimum atomic E-state index is -0.424. The lowest BCUT2D eigenvalue weighted by Crippen LogP contribution is -2.48. The average molecular weight is 296 g/mol. The summed E-state index contributed by atoms with van der Waals surface area (Å²) >= 11 is 0. The number of likely N-dealkylation sites (tertiary alicyclic amines) is 1. The van der Waals surface area contributed by atoms with Gasteiger partial charge < -0.3 is 15.0 Å². The number of piperidine rings is 1. The average Bonchev–Trinajstić information content (AvgIpc) is 2.37. The lowest BCUT2D eigenvalue weighted by molar-refractivity contribution is 0.00792. The van der Waals surface area contributed by atoms with Crippen LogP contribution < -0.4 is 5.32 Å². The lowest BCUT2D eigenvalue weighted by Gasteiger charge is -2.38. The molecule has 122 valence electrons. The molecular formula is C17H32N2O2. The highest BCUT2D eigenvalue weighted by Gasteiger charge is 2.31. The Labute approximate surface area is 129 Å². The number of carbonyl (C=O) groups excluding carboxylic acids is 1. The number of carbonyl (C=O) groups is 1. The molecule has 0 aromatic carbocycles. The van der Waals surface area contributed by atoms with E-state index in [0.717, 1.165) is 38.8 Å². The van der Waals surface area contributed by atoms with Crippen molar-refractivity contribution >= 4 is 6.09 Å². The van der Waals surface area contributed by atoms with E-state index >= 15 is 0 Å². The summed E-state index contributed by atoms with van der Waals surface area (Å²) in [4.78, 5) is 14.3. The Hall–Kier alpha value is -1.03. The number of amides is 1. The monoisotopic (exact) mass is 296 g/mol. The molecule has 1 N–H and O–H groups in total. The van der Waals surface area contributed by atoms with Crippen molar-refractivity contribution in [2.24, 2.45) is 0 Å². The molecule has 0 radical (unpaired) electrons. The molecule has 0 bridgehead atoms. The first kappa shape index (κ1) is 18.0. The predicted octanol–water partition coefficient (Wildman–Crippen LogP) is 3.72. The minimum Gasteiger partial charge on any atom is -0.444 e. The maximum atomic E-state index is 12.3. The molecule has 21 heavy (non-hydrogen) atoms. The molecule has 1 rings (SSSR count). The number of nitrogens with one attached hydrogen (secondary N) is 1. The van der Waals surface area contributed by atoms with Crippen LogP contribution in [0.15, 0.2) is 12.7 Å². The van der Waals surface area contributed by atoms with Crippen molar-refractivity contribution in [3.63, 3.8) is 0 Å². The molecule has 4 heteroatoms. The summed E-state index contributed by atoms with van der Waals surface area (Å²) < 4.78 is 5.54. The third kappa shape index (κ3) is 6.98. The van der Waals surface area contributed by atoms with Crippen molar-refractivity contribution in [1.82, 2.24) is 10.2 Å². The van der Waals surface area contributed by atoms with E-state index < -0.39 is 5.60 Å². The van der Waals surface area contributed by atoms with Crippen LogP contribution in [-0.2, 0) is 4.74 Å². The van der Waals surface area contributed by atoms with Crippen molar-refractivity contribution in [3.05, 3.63) is 12.7 Å². The van der Waals surface area contributed by atoms with Crippen LogP contribution in [0, 0.1) is 0 Å². The molecule has 1 aliphatic rings. The van der Waals surface area contributed by atoms with E-state index in [9.17, 15) is 4.79 Å². The SMILES string of the molecule is C=CCCNC(C)CC1CCCCN1C(=O)OC(C)(C)C. The molecule has 1 heterocycles. The third-order valence-electron chi connectivity index (χ3n) is 3.72. The normalized spacial score (nSPS) is 21.0. The van der Waals surface area contributed by atoms with E-state index in [-0.39, 0.29) is 6.09 Å². The zero-order chi connectivity index (χ0) is 15.9. The fraction of sp³-hybridized carbons (Fsp3) is 0.824. The Morgan fingerprint density at radius 3 is 2.81 bits per heavy atom. The van der Waals surface area contributed by atoms with Crippen molar-refractivity contribution in [1.29, 1.82) is 0 Å². The number of rotatable bonds is 6. The van der Waals surface area contributed by atoms with Crippen LogP contribution in [-0.4, -0.2) is 41.8 Å². The van der Waals surface area contributed by atoms with Crippen LogP contribution in [0.2, 0.25) is 0 Å². The van der Waals surface area contributed by atoms with Gasteiger partial charge in [0.15, 0.2) is 0 Å². The fourth-order valence-corrected chi connectivity index (χ4v) is 2.73. The Bertz CT molecular complexity index is 336. The van der Waals surface area contributed by atoms with E-state index in [2.05, 4.69) is 18.8 Å². The summed E-state index contributed by atoms with van der Waals surface area (Å²) in [5.74, 6) is 0. The Kier molecular flexibility index (Phi) is 7.23. The second-order valence-corrected chi connectivity index (χ2v) is 6.99. The zero-order valence-corrected chi connectivity index (χ0v) is 14.2. The van der Waals surface area contributed by atoms with Gasteiger partial charge in [0.2, 0.25) is 0 Å². The summed E-state index contributed by atoms with van der Waals surface area (Å²) in [6.07, 6.45) is 7.07. The molecule has 1 amide bonds.